The molecule has 0 amide bonds. The predicted molar refractivity (Wildman–Crippen MR) is 46.0 cm³/mol. The van der Waals surface area contributed by atoms with Gasteiger partial charge in [0.2, 0.25) is 0 Å². The molecule has 1 aromatic carbocycles. The molecular formula is C8H9FO3S. The summed E-state index contributed by atoms with van der Waals surface area (Å²) in [5.41, 5.74) is 0.809. The summed E-state index contributed by atoms with van der Waals surface area (Å²) in [6.07, 6.45) is 0. The number of ether oxygens (including phenoxy) is 1. The lowest BCUT2D eigenvalue weighted by Crippen LogP contribution is -1.97. The zero-order chi connectivity index (χ0) is 10.1. The molecule has 5 heteroatoms. The van der Waals surface area contributed by atoms with E-state index in [1.807, 2.05) is 0 Å². The van der Waals surface area contributed by atoms with E-state index in [0.717, 1.165) is 5.56 Å². The van der Waals surface area contributed by atoms with Crippen LogP contribution in [0.15, 0.2) is 23.1 Å². The van der Waals surface area contributed by atoms with Gasteiger partial charge in [0.1, 0.15) is 10.6 Å². The number of hydrogen-bond donors (Lipinski definition) is 0. The zero-order valence-electron chi connectivity index (χ0n) is 7.24. The number of aryl methyl sites for hydroxylation is 1. The summed E-state index contributed by atoms with van der Waals surface area (Å²) in [5.74, 6) is 0.0301. The summed E-state index contributed by atoms with van der Waals surface area (Å²) in [4.78, 5) is -0.430. The largest absolute Gasteiger partial charge is 0.495 e. The van der Waals surface area contributed by atoms with Gasteiger partial charge in [-0.05, 0) is 24.6 Å². The molecule has 0 saturated heterocycles. The molecule has 0 aliphatic rings. The summed E-state index contributed by atoms with van der Waals surface area (Å²) in [6, 6.07) is 4.16. The Hall–Kier alpha value is -1.10. The van der Waals surface area contributed by atoms with E-state index in [-0.39, 0.29) is 5.75 Å². The molecule has 0 N–H and O–H groups in total. The number of methoxy groups -OCH3 is 1. The van der Waals surface area contributed by atoms with Gasteiger partial charge in [0, 0.05) is 0 Å². The van der Waals surface area contributed by atoms with Crippen LogP contribution in [-0.4, -0.2) is 15.5 Å². The average molecular weight is 204 g/mol. The van der Waals surface area contributed by atoms with Crippen LogP contribution in [0.3, 0.4) is 0 Å². The monoisotopic (exact) mass is 204 g/mol. The van der Waals surface area contributed by atoms with Crippen molar-refractivity contribution in [1.82, 2.24) is 0 Å². The van der Waals surface area contributed by atoms with E-state index in [0.29, 0.717) is 0 Å². The number of halogens is 1. The maximum Gasteiger partial charge on any atom is 0.335 e. The highest BCUT2D eigenvalue weighted by molar-refractivity contribution is 7.86. The average Bonchev–Trinajstić information content (AvgIpc) is 2.01. The molecule has 0 saturated carbocycles. The van der Waals surface area contributed by atoms with Gasteiger partial charge in [0.05, 0.1) is 7.11 Å². The fourth-order valence-corrected chi connectivity index (χ4v) is 1.59. The molecule has 0 fully saturated rings. The van der Waals surface area contributed by atoms with E-state index in [9.17, 15) is 12.3 Å². The van der Waals surface area contributed by atoms with Gasteiger partial charge in [-0.25, -0.2) is 0 Å². The highest BCUT2D eigenvalue weighted by Crippen LogP contribution is 2.25. The molecule has 0 atom stereocenters. The van der Waals surface area contributed by atoms with Gasteiger partial charge in [-0.3, -0.25) is 0 Å². The molecule has 72 valence electrons. The Bertz CT molecular complexity index is 411. The van der Waals surface area contributed by atoms with Crippen LogP contribution in [-0.2, 0) is 10.2 Å². The number of hydrogen-bond acceptors (Lipinski definition) is 3. The quantitative estimate of drug-likeness (QED) is 0.688. The van der Waals surface area contributed by atoms with Crippen molar-refractivity contribution in [3.63, 3.8) is 0 Å². The molecule has 0 heterocycles. The van der Waals surface area contributed by atoms with Gasteiger partial charge in [-0.15, -0.1) is 3.89 Å². The Labute approximate surface area is 76.4 Å². The first-order valence-corrected chi connectivity index (χ1v) is 4.93. The van der Waals surface area contributed by atoms with Crippen molar-refractivity contribution in [2.45, 2.75) is 11.8 Å². The van der Waals surface area contributed by atoms with Gasteiger partial charge in [-0.1, -0.05) is 6.07 Å². The third-order valence-electron chi connectivity index (χ3n) is 1.58. The first-order valence-electron chi connectivity index (χ1n) is 3.54. The van der Waals surface area contributed by atoms with Gasteiger partial charge < -0.3 is 4.74 Å². The lowest BCUT2D eigenvalue weighted by Gasteiger charge is -2.04. The Kier molecular flexibility index (Phi) is 2.56. The Morgan fingerprint density at radius 1 is 1.38 bits per heavy atom. The molecule has 1 rings (SSSR count). The van der Waals surface area contributed by atoms with Crippen molar-refractivity contribution >= 4 is 10.2 Å². The molecule has 0 spiro atoms. The molecule has 13 heavy (non-hydrogen) atoms. The molecule has 0 unspecified atom stereocenters. The summed E-state index contributed by atoms with van der Waals surface area (Å²) in [6.45, 7) is 1.76. The smallest absolute Gasteiger partial charge is 0.335 e. The summed E-state index contributed by atoms with van der Waals surface area (Å²) in [7, 11) is -3.39. The van der Waals surface area contributed by atoms with E-state index in [1.165, 1.54) is 25.3 Å². The maximum absolute atomic E-state index is 12.6. The number of benzene rings is 1. The van der Waals surface area contributed by atoms with E-state index in [1.54, 1.807) is 6.92 Å². The molecule has 0 aliphatic heterocycles. The standard InChI is InChI=1S/C8H9FO3S/c1-6-3-4-8(13(9,10)11)7(5-6)12-2/h3-5H,1-2H3. The minimum absolute atomic E-state index is 0.0301. The number of rotatable bonds is 2. The van der Waals surface area contributed by atoms with E-state index in [4.69, 9.17) is 4.74 Å². The fourth-order valence-electron chi connectivity index (χ4n) is 0.976. The van der Waals surface area contributed by atoms with Crippen molar-refractivity contribution in [2.24, 2.45) is 0 Å². The summed E-state index contributed by atoms with van der Waals surface area (Å²) < 4.78 is 38.5. The molecule has 0 radical (unpaired) electrons. The highest BCUT2D eigenvalue weighted by Gasteiger charge is 2.17. The predicted octanol–water partition coefficient (Wildman–Crippen LogP) is 1.66. The Morgan fingerprint density at radius 2 is 2.00 bits per heavy atom. The van der Waals surface area contributed by atoms with Crippen LogP contribution in [0.5, 0.6) is 5.75 Å². The van der Waals surface area contributed by atoms with Gasteiger partial charge in [-0.2, -0.15) is 8.42 Å². The van der Waals surface area contributed by atoms with Crippen LogP contribution < -0.4 is 4.74 Å². The zero-order valence-corrected chi connectivity index (χ0v) is 8.06. The second-order valence-corrected chi connectivity index (χ2v) is 3.91. The van der Waals surface area contributed by atoms with Crippen molar-refractivity contribution in [2.75, 3.05) is 7.11 Å². The third-order valence-corrected chi connectivity index (χ3v) is 2.44. The first kappa shape index (κ1) is 9.98. The van der Waals surface area contributed by atoms with Crippen LogP contribution in [0.1, 0.15) is 5.56 Å². The van der Waals surface area contributed by atoms with Gasteiger partial charge in [0.25, 0.3) is 0 Å². The van der Waals surface area contributed by atoms with Crippen LogP contribution >= 0.6 is 0 Å². The highest BCUT2D eigenvalue weighted by atomic mass is 32.3. The van der Waals surface area contributed by atoms with Crippen molar-refractivity contribution < 1.29 is 17.0 Å². The lowest BCUT2D eigenvalue weighted by atomic mass is 10.2. The summed E-state index contributed by atoms with van der Waals surface area (Å²) in [5, 5.41) is 0. The SMILES string of the molecule is COc1cc(C)ccc1S(=O)(=O)F. The molecule has 0 aromatic heterocycles. The molecule has 0 bridgehead atoms. The van der Waals surface area contributed by atoms with E-state index < -0.39 is 15.1 Å². The Morgan fingerprint density at radius 3 is 2.46 bits per heavy atom. The Balaban J connectivity index is 3.39. The van der Waals surface area contributed by atoms with Crippen LogP contribution in [0, 0.1) is 6.92 Å². The minimum Gasteiger partial charge on any atom is -0.495 e. The summed E-state index contributed by atoms with van der Waals surface area (Å²) >= 11 is 0. The van der Waals surface area contributed by atoms with Crippen LogP contribution in [0.25, 0.3) is 0 Å². The molecular weight excluding hydrogens is 195 g/mol. The van der Waals surface area contributed by atoms with Crippen molar-refractivity contribution in [3.05, 3.63) is 23.8 Å². The second-order valence-electron chi connectivity index (χ2n) is 2.59. The van der Waals surface area contributed by atoms with Gasteiger partial charge >= 0.3 is 10.2 Å². The fraction of sp³-hybridized carbons (Fsp3) is 0.250. The lowest BCUT2D eigenvalue weighted by molar-refractivity contribution is 0.401. The van der Waals surface area contributed by atoms with Gasteiger partial charge in [0.15, 0.2) is 0 Å². The van der Waals surface area contributed by atoms with Crippen molar-refractivity contribution in [3.8, 4) is 5.75 Å². The normalized spacial score (nSPS) is 11.3. The molecule has 0 aliphatic carbocycles. The molecule has 1 aromatic rings. The minimum atomic E-state index is -4.69. The first-order chi connectivity index (χ1) is 5.95. The van der Waals surface area contributed by atoms with Crippen molar-refractivity contribution in [1.29, 1.82) is 0 Å². The maximum atomic E-state index is 12.6. The molecule has 3 nitrogen and oxygen atoms in total. The van der Waals surface area contributed by atoms with Crippen LogP contribution in [0.2, 0.25) is 0 Å². The van der Waals surface area contributed by atoms with E-state index >= 15 is 0 Å². The second kappa shape index (κ2) is 3.33. The topological polar surface area (TPSA) is 43.4 Å². The van der Waals surface area contributed by atoms with Crippen LogP contribution in [0.4, 0.5) is 3.89 Å². The third kappa shape index (κ3) is 2.18. The van der Waals surface area contributed by atoms with E-state index in [2.05, 4.69) is 0 Å².